The quantitative estimate of drug-likeness (QED) is 0.214. The highest BCUT2D eigenvalue weighted by Crippen LogP contribution is 2.55. The lowest BCUT2D eigenvalue weighted by molar-refractivity contribution is -0.182. The van der Waals surface area contributed by atoms with E-state index in [9.17, 15) is 27.2 Å². The first-order chi connectivity index (χ1) is 22.9. The minimum absolute atomic E-state index is 0.0168. The summed E-state index contributed by atoms with van der Waals surface area (Å²) < 4.78 is 50.1. The van der Waals surface area contributed by atoms with Gasteiger partial charge in [-0.25, -0.2) is 12.8 Å². The van der Waals surface area contributed by atoms with E-state index in [2.05, 4.69) is 15.6 Å². The summed E-state index contributed by atoms with van der Waals surface area (Å²) in [4.78, 5) is 40.7. The van der Waals surface area contributed by atoms with Crippen LogP contribution in [0.15, 0.2) is 72.8 Å². The lowest BCUT2D eigenvalue weighted by atomic mass is 9.88. The number of nitrogens with one attached hydrogen (secondary N) is 3. The van der Waals surface area contributed by atoms with Crippen LogP contribution in [0.2, 0.25) is 10.0 Å². The zero-order valence-electron chi connectivity index (χ0n) is 26.0. The van der Waals surface area contributed by atoms with Gasteiger partial charge < -0.3 is 9.64 Å². The molecule has 3 amide bonds. The van der Waals surface area contributed by atoms with Crippen LogP contribution in [0.3, 0.4) is 0 Å². The number of carbonyl (C=O) groups is 3. The zero-order chi connectivity index (χ0) is 34.2. The summed E-state index contributed by atoms with van der Waals surface area (Å²) in [6.45, 7) is 1.24. The predicted molar refractivity (Wildman–Crippen MR) is 179 cm³/mol. The monoisotopic (exact) mass is 716 g/mol. The highest BCUT2D eigenvalue weighted by atomic mass is 35.5. The van der Waals surface area contributed by atoms with E-state index in [0.29, 0.717) is 34.0 Å². The molecule has 2 saturated carbocycles. The second-order valence-corrected chi connectivity index (χ2v) is 15.6. The summed E-state index contributed by atoms with van der Waals surface area (Å²) in [5.41, 5.74) is 5.73. The molecule has 10 nitrogen and oxygen atoms in total. The van der Waals surface area contributed by atoms with Crippen molar-refractivity contribution >= 4 is 56.6 Å². The van der Waals surface area contributed by atoms with Gasteiger partial charge in [0.1, 0.15) is 18.0 Å². The number of amides is 3. The Bertz CT molecular complexity index is 1820. The van der Waals surface area contributed by atoms with E-state index < -0.39 is 69.0 Å². The topological polar surface area (TPSA) is 134 Å². The highest BCUT2D eigenvalue weighted by Gasteiger charge is 2.60. The number of sulfonamides is 1. The Morgan fingerprint density at radius 2 is 1.69 bits per heavy atom. The van der Waals surface area contributed by atoms with Gasteiger partial charge in [0.2, 0.25) is 21.8 Å². The molecule has 3 fully saturated rings. The Balaban J connectivity index is 1.42. The third-order valence-electron chi connectivity index (χ3n) is 9.17. The minimum Gasteiger partial charge on any atom is -0.357 e. The predicted octanol–water partition coefficient (Wildman–Crippen LogP) is 5.84. The summed E-state index contributed by atoms with van der Waals surface area (Å²) in [6, 6.07) is 18.3. The van der Waals surface area contributed by atoms with Crippen LogP contribution in [-0.2, 0) is 29.1 Å². The Labute approximate surface area is 288 Å². The second-order valence-electron chi connectivity index (χ2n) is 12.7. The number of carbonyl (C=O) groups excluding carboxylic acids is 3. The fraction of sp³-hybridized carbons (Fsp3) is 0.382. The summed E-state index contributed by atoms with van der Waals surface area (Å²) in [5.74, 6) is -2.33. The van der Waals surface area contributed by atoms with Gasteiger partial charge in [0.15, 0.2) is 0 Å². The lowest BCUT2D eigenvalue weighted by Gasteiger charge is -2.49. The number of ether oxygens (including phenoxy) is 1. The summed E-state index contributed by atoms with van der Waals surface area (Å²) >= 11 is 12.7. The zero-order valence-corrected chi connectivity index (χ0v) is 28.3. The average Bonchev–Trinajstić information content (AvgIpc) is 3.97. The Morgan fingerprint density at radius 3 is 2.31 bits per heavy atom. The number of rotatable bonds is 11. The van der Waals surface area contributed by atoms with E-state index in [0.717, 1.165) is 12.8 Å². The van der Waals surface area contributed by atoms with Crippen molar-refractivity contribution in [2.75, 3.05) is 4.72 Å². The van der Waals surface area contributed by atoms with E-state index in [1.807, 2.05) is 6.07 Å². The first kappa shape index (κ1) is 34.2. The molecule has 0 unspecified atom stereocenters. The molecule has 1 heterocycles. The number of hydrogen-bond acceptors (Lipinski definition) is 6. The Kier molecular flexibility index (Phi) is 9.72. The summed E-state index contributed by atoms with van der Waals surface area (Å²) in [6.07, 6.45) is -0.166. The van der Waals surface area contributed by atoms with Crippen molar-refractivity contribution < 1.29 is 31.9 Å². The number of benzene rings is 3. The molecule has 0 radical (unpaired) electrons. The highest BCUT2D eigenvalue weighted by molar-refractivity contribution is 7.94. The normalized spacial score (nSPS) is 22.5. The molecule has 254 valence electrons. The van der Waals surface area contributed by atoms with Gasteiger partial charge in [-0.15, -0.1) is 0 Å². The van der Waals surface area contributed by atoms with Crippen LogP contribution in [0.5, 0.6) is 0 Å². The summed E-state index contributed by atoms with van der Waals surface area (Å²) in [5, 5.41) is 0.927. The minimum atomic E-state index is -4.09. The van der Waals surface area contributed by atoms with Crippen molar-refractivity contribution in [2.24, 2.45) is 5.92 Å². The third-order valence-corrected chi connectivity index (χ3v) is 11.9. The van der Waals surface area contributed by atoms with Crippen molar-refractivity contribution in [3.8, 4) is 0 Å². The van der Waals surface area contributed by atoms with Crippen LogP contribution in [0, 0.1) is 11.7 Å². The Morgan fingerprint density at radius 1 is 0.979 bits per heavy atom. The van der Waals surface area contributed by atoms with Gasteiger partial charge in [-0.2, -0.15) is 0 Å². The molecular formula is C34H35Cl2FN4O6S. The molecule has 3 aliphatic rings. The number of nitrogens with zero attached hydrogens (tertiary/aromatic N) is 1. The Hall–Kier alpha value is -3.71. The van der Waals surface area contributed by atoms with Crippen LogP contribution in [-0.4, -0.2) is 47.9 Å². The van der Waals surface area contributed by atoms with Gasteiger partial charge >= 0.3 is 0 Å². The molecule has 1 aliphatic heterocycles. The van der Waals surface area contributed by atoms with Crippen LogP contribution < -0.4 is 15.6 Å². The lowest BCUT2D eigenvalue weighted by Crippen LogP contribution is -2.57. The molecule has 6 rings (SSSR count). The van der Waals surface area contributed by atoms with Crippen molar-refractivity contribution in [3.63, 3.8) is 0 Å². The second kappa shape index (κ2) is 13.7. The van der Waals surface area contributed by atoms with Crippen molar-refractivity contribution in [1.82, 2.24) is 15.8 Å². The average molecular weight is 718 g/mol. The maximum Gasteiger partial charge on any atom is 0.253 e. The molecule has 48 heavy (non-hydrogen) atoms. The first-order valence-corrected chi connectivity index (χ1v) is 17.9. The molecule has 0 bridgehead atoms. The third kappa shape index (κ3) is 7.31. The number of para-hydroxylation sites is 1. The molecule has 14 heteroatoms. The molecule has 4 atom stereocenters. The van der Waals surface area contributed by atoms with Gasteiger partial charge in [-0.1, -0.05) is 59.6 Å². The molecule has 3 aromatic carbocycles. The maximum atomic E-state index is 14.6. The van der Waals surface area contributed by atoms with E-state index in [1.54, 1.807) is 53.4 Å². The molecule has 2 aliphatic carbocycles. The molecule has 3 aromatic rings. The number of anilines is 1. The van der Waals surface area contributed by atoms with E-state index in [4.69, 9.17) is 27.9 Å². The molecule has 0 spiro atoms. The van der Waals surface area contributed by atoms with E-state index in [1.165, 1.54) is 25.1 Å². The molecule has 1 saturated heterocycles. The van der Waals surface area contributed by atoms with Crippen LogP contribution in [0.1, 0.15) is 68.7 Å². The largest absolute Gasteiger partial charge is 0.357 e. The van der Waals surface area contributed by atoms with Crippen LogP contribution >= 0.6 is 23.2 Å². The van der Waals surface area contributed by atoms with Crippen LogP contribution in [0.25, 0.3) is 0 Å². The van der Waals surface area contributed by atoms with Gasteiger partial charge in [-0.3, -0.25) is 30.0 Å². The van der Waals surface area contributed by atoms with Crippen molar-refractivity contribution in [2.45, 2.75) is 74.5 Å². The van der Waals surface area contributed by atoms with Crippen LogP contribution in [0.4, 0.5) is 10.1 Å². The maximum absolute atomic E-state index is 14.6. The van der Waals surface area contributed by atoms with E-state index >= 15 is 0 Å². The van der Waals surface area contributed by atoms with Crippen molar-refractivity contribution in [3.05, 3.63) is 99.8 Å². The number of morpholine rings is 1. The van der Waals surface area contributed by atoms with Crippen molar-refractivity contribution in [1.29, 1.82) is 0 Å². The van der Waals surface area contributed by atoms with Gasteiger partial charge in [-0.05, 0) is 85.5 Å². The number of hydrazine groups is 1. The van der Waals surface area contributed by atoms with Gasteiger partial charge in [0.25, 0.3) is 5.91 Å². The fourth-order valence-electron chi connectivity index (χ4n) is 6.45. The van der Waals surface area contributed by atoms with Gasteiger partial charge in [0, 0.05) is 23.0 Å². The standard InChI is InChI=1S/C34H35Cl2FN4O6S/c1-20(42)38-39-30(43)18-29-33(44)41(31(22-11-13-24(35)14-12-22)32(47-29)23-5-4-6-25(36)17-23)28(21-9-10-21)19-34(15-16-34)48(45,46)40-27-8-3-2-7-26(27)37/h2-8,11-14,17,21,28-29,31-32,40H,9-10,15-16,18-19H2,1H3,(H,38,42)(H,39,43)/t28-,29+,31+,32+/m0/s1. The van der Waals surface area contributed by atoms with E-state index in [-0.39, 0.29) is 18.0 Å². The first-order valence-electron chi connectivity index (χ1n) is 15.7. The van der Waals surface area contributed by atoms with Gasteiger partial charge in [0.05, 0.1) is 22.9 Å². The SMILES string of the molecule is CC(=O)NNC(=O)C[C@H]1O[C@H](c2cccc(Cl)c2)[C@@H](c2ccc(Cl)cc2)N([C@@H](CC2(S(=O)(=O)Nc3ccccc3F)CC2)C2CC2)C1=O. The molecule has 0 aromatic heterocycles. The number of hydrogen-bond donors (Lipinski definition) is 3. The molecule has 3 N–H and O–H groups in total. The number of halogens is 3. The smallest absolute Gasteiger partial charge is 0.253 e. The fourth-order valence-corrected chi connectivity index (χ4v) is 8.48. The summed E-state index contributed by atoms with van der Waals surface area (Å²) in [7, 11) is -4.09. The molecular weight excluding hydrogens is 682 g/mol.